The van der Waals surface area contributed by atoms with Gasteiger partial charge in [-0.2, -0.15) is 5.10 Å². The summed E-state index contributed by atoms with van der Waals surface area (Å²) in [6.07, 6.45) is 0.494. The number of nitrogens with zero attached hydrogens (tertiary/aromatic N) is 4. The summed E-state index contributed by atoms with van der Waals surface area (Å²) in [6, 6.07) is 9.22. The Bertz CT molecular complexity index is 1100. The number of aromatic nitrogens is 3. The molecule has 1 N–H and O–H groups in total. The van der Waals surface area contributed by atoms with Gasteiger partial charge in [-0.25, -0.2) is 9.07 Å². The summed E-state index contributed by atoms with van der Waals surface area (Å²) in [4.78, 5) is 17.3. The van der Waals surface area contributed by atoms with Crippen LogP contribution < -0.4 is 19.9 Å². The molecule has 29 heavy (non-hydrogen) atoms. The third kappa shape index (κ3) is 3.64. The molecule has 1 aromatic carbocycles. The van der Waals surface area contributed by atoms with Crippen molar-refractivity contribution in [2.45, 2.75) is 19.4 Å². The molecular formula is C20H19FN4O4. The molecule has 2 aromatic heterocycles. The van der Waals surface area contributed by atoms with Crippen LogP contribution in [0.5, 0.6) is 11.5 Å². The van der Waals surface area contributed by atoms with Crippen LogP contribution in [0.4, 0.5) is 10.2 Å². The fourth-order valence-corrected chi connectivity index (χ4v) is 3.15. The van der Waals surface area contributed by atoms with Crippen LogP contribution in [0.3, 0.4) is 0 Å². The van der Waals surface area contributed by atoms with Crippen molar-refractivity contribution in [1.29, 1.82) is 0 Å². The van der Waals surface area contributed by atoms with Gasteiger partial charge < -0.3 is 19.5 Å². The molecule has 3 heterocycles. The van der Waals surface area contributed by atoms with Gasteiger partial charge in [-0.15, -0.1) is 0 Å². The Hall–Kier alpha value is -3.46. The average molecular weight is 398 g/mol. The number of hydrogen-bond acceptors (Lipinski definition) is 7. The van der Waals surface area contributed by atoms with E-state index in [0.29, 0.717) is 34.9 Å². The molecule has 1 aliphatic rings. The number of fused-ring (bicyclic) bond motifs is 1. The van der Waals surface area contributed by atoms with Crippen molar-refractivity contribution in [3.63, 3.8) is 0 Å². The van der Waals surface area contributed by atoms with Crippen molar-refractivity contribution in [3.05, 3.63) is 75.6 Å². The molecule has 150 valence electrons. The topological polar surface area (TPSA) is 89.7 Å². The number of halogens is 1. The first-order valence-electron chi connectivity index (χ1n) is 8.89. The maximum atomic E-state index is 14.5. The second-order valence-electron chi connectivity index (χ2n) is 6.61. The van der Waals surface area contributed by atoms with Crippen molar-refractivity contribution in [2.24, 2.45) is 7.05 Å². The van der Waals surface area contributed by atoms with Crippen LogP contribution in [0.2, 0.25) is 0 Å². The maximum absolute atomic E-state index is 14.5. The van der Waals surface area contributed by atoms with Crippen molar-refractivity contribution in [2.75, 3.05) is 12.0 Å². The molecule has 0 aliphatic carbocycles. The number of pyridine rings is 1. The second-order valence-corrected chi connectivity index (χ2v) is 6.61. The van der Waals surface area contributed by atoms with Crippen LogP contribution in [-0.2, 0) is 20.2 Å². The Morgan fingerprint density at radius 2 is 2.10 bits per heavy atom. The molecule has 8 nitrogen and oxygen atoms in total. The van der Waals surface area contributed by atoms with Gasteiger partial charge in [0.05, 0.1) is 19.0 Å². The SMILES string of the molecule is COc1ccc(COc2cc3c(cc2F)C(O)N(c2ccc(=O)n(C)n2)C3)nc1. The third-order valence-electron chi connectivity index (χ3n) is 4.76. The number of anilines is 1. The summed E-state index contributed by atoms with van der Waals surface area (Å²) < 4.78 is 26.4. The second kappa shape index (κ2) is 7.51. The van der Waals surface area contributed by atoms with Gasteiger partial charge in [0.25, 0.3) is 5.56 Å². The monoisotopic (exact) mass is 398 g/mol. The summed E-state index contributed by atoms with van der Waals surface area (Å²) in [6.45, 7) is 0.396. The van der Waals surface area contributed by atoms with Gasteiger partial charge in [-0.3, -0.25) is 9.78 Å². The van der Waals surface area contributed by atoms with Crippen LogP contribution in [0.1, 0.15) is 23.0 Å². The first-order valence-corrected chi connectivity index (χ1v) is 8.89. The smallest absolute Gasteiger partial charge is 0.266 e. The van der Waals surface area contributed by atoms with Gasteiger partial charge in [0, 0.05) is 25.2 Å². The highest BCUT2D eigenvalue weighted by Crippen LogP contribution is 2.37. The zero-order valence-electron chi connectivity index (χ0n) is 15.9. The van der Waals surface area contributed by atoms with Crippen LogP contribution >= 0.6 is 0 Å². The lowest BCUT2D eigenvalue weighted by Crippen LogP contribution is -2.26. The molecule has 0 radical (unpaired) electrons. The van der Waals surface area contributed by atoms with E-state index in [-0.39, 0.29) is 17.9 Å². The predicted molar refractivity (Wildman–Crippen MR) is 102 cm³/mol. The van der Waals surface area contributed by atoms with E-state index in [0.717, 1.165) is 0 Å². The van der Waals surface area contributed by atoms with Gasteiger partial charge in [0.1, 0.15) is 12.4 Å². The zero-order valence-corrected chi connectivity index (χ0v) is 15.9. The van der Waals surface area contributed by atoms with Crippen molar-refractivity contribution in [1.82, 2.24) is 14.8 Å². The van der Waals surface area contributed by atoms with Gasteiger partial charge >= 0.3 is 0 Å². The molecule has 0 bridgehead atoms. The highest BCUT2D eigenvalue weighted by atomic mass is 19.1. The molecule has 0 fully saturated rings. The Labute approximate surface area is 165 Å². The summed E-state index contributed by atoms with van der Waals surface area (Å²) in [5.74, 6) is 0.537. The largest absolute Gasteiger partial charge is 0.495 e. The van der Waals surface area contributed by atoms with Crippen molar-refractivity contribution in [3.8, 4) is 11.5 Å². The molecular weight excluding hydrogens is 379 g/mol. The number of aryl methyl sites for hydroxylation is 1. The van der Waals surface area contributed by atoms with E-state index in [4.69, 9.17) is 9.47 Å². The molecule has 9 heteroatoms. The molecule has 0 spiro atoms. The molecule has 1 aliphatic heterocycles. The molecule has 3 aromatic rings. The van der Waals surface area contributed by atoms with Crippen LogP contribution in [0.15, 0.2) is 47.4 Å². The van der Waals surface area contributed by atoms with E-state index < -0.39 is 12.0 Å². The van der Waals surface area contributed by atoms with E-state index in [1.54, 1.807) is 36.4 Å². The minimum atomic E-state index is -1.07. The minimum absolute atomic E-state index is 0.0730. The van der Waals surface area contributed by atoms with E-state index in [9.17, 15) is 14.3 Å². The molecule has 1 atom stereocenters. The third-order valence-corrected chi connectivity index (χ3v) is 4.76. The van der Waals surface area contributed by atoms with Gasteiger partial charge in [-0.05, 0) is 35.9 Å². The standard InChI is InChI=1S/C20H19FN4O4/c1-24-19(26)6-5-18(23-24)25-10-12-7-17(16(21)8-15(12)20(25)27)29-11-13-3-4-14(28-2)9-22-13/h3-9,20,27H,10-11H2,1-2H3. The van der Waals surface area contributed by atoms with Gasteiger partial charge in [0.15, 0.2) is 23.6 Å². The Kier molecular flexibility index (Phi) is 4.89. The normalized spacial score (nSPS) is 15.3. The summed E-state index contributed by atoms with van der Waals surface area (Å²) in [5, 5.41) is 14.7. The first-order chi connectivity index (χ1) is 14.0. The van der Waals surface area contributed by atoms with Gasteiger partial charge in [0.2, 0.25) is 0 Å². The fourth-order valence-electron chi connectivity index (χ4n) is 3.15. The summed E-state index contributed by atoms with van der Waals surface area (Å²) in [5.41, 5.74) is 1.52. The highest BCUT2D eigenvalue weighted by Gasteiger charge is 2.31. The first kappa shape index (κ1) is 18.9. The van der Waals surface area contributed by atoms with E-state index in [1.165, 1.54) is 29.9 Å². The maximum Gasteiger partial charge on any atom is 0.266 e. The Morgan fingerprint density at radius 3 is 2.79 bits per heavy atom. The molecule has 4 rings (SSSR count). The number of methoxy groups -OCH3 is 1. The number of rotatable bonds is 5. The fraction of sp³-hybridized carbons (Fsp3) is 0.250. The van der Waals surface area contributed by atoms with Crippen LogP contribution in [-0.4, -0.2) is 27.0 Å². The Balaban J connectivity index is 1.54. The number of ether oxygens (including phenoxy) is 2. The van der Waals surface area contributed by atoms with Crippen LogP contribution in [0.25, 0.3) is 0 Å². The van der Waals surface area contributed by atoms with E-state index in [2.05, 4.69) is 10.1 Å². The number of benzene rings is 1. The van der Waals surface area contributed by atoms with Gasteiger partial charge in [-0.1, -0.05) is 0 Å². The van der Waals surface area contributed by atoms with E-state index >= 15 is 0 Å². The highest BCUT2D eigenvalue weighted by molar-refractivity contribution is 5.51. The lowest BCUT2D eigenvalue weighted by Gasteiger charge is -2.21. The molecule has 0 amide bonds. The predicted octanol–water partition coefficient (Wildman–Crippen LogP) is 1.91. The summed E-state index contributed by atoms with van der Waals surface area (Å²) in [7, 11) is 3.08. The van der Waals surface area contributed by atoms with Crippen LogP contribution in [0, 0.1) is 5.82 Å². The van der Waals surface area contributed by atoms with Crippen molar-refractivity contribution < 1.29 is 19.0 Å². The Morgan fingerprint density at radius 1 is 1.28 bits per heavy atom. The van der Waals surface area contributed by atoms with Crippen molar-refractivity contribution >= 4 is 5.82 Å². The average Bonchev–Trinajstić information content (AvgIpc) is 3.04. The lowest BCUT2D eigenvalue weighted by molar-refractivity contribution is 0.180. The lowest BCUT2D eigenvalue weighted by atomic mass is 10.1. The molecule has 1 unspecified atom stereocenters. The van der Waals surface area contributed by atoms with E-state index in [1.807, 2.05) is 0 Å². The number of aliphatic hydroxyl groups excluding tert-OH is 1. The number of hydrogen-bond donors (Lipinski definition) is 1. The number of aliphatic hydroxyl groups is 1. The molecule has 0 saturated carbocycles. The quantitative estimate of drug-likeness (QED) is 0.702. The molecule has 0 saturated heterocycles. The minimum Gasteiger partial charge on any atom is -0.495 e. The summed E-state index contributed by atoms with van der Waals surface area (Å²) >= 11 is 0. The zero-order chi connectivity index (χ0) is 20.5.